The number of hydrogen-bond acceptors (Lipinski definition) is 3. The highest BCUT2D eigenvalue weighted by atomic mass is 16.5. The highest BCUT2D eigenvalue weighted by Crippen LogP contribution is 2.16. The van der Waals surface area contributed by atoms with E-state index in [2.05, 4.69) is 38.7 Å². The molecule has 0 spiro atoms. The number of aryl methyl sites for hydroxylation is 2. The van der Waals surface area contributed by atoms with Crippen LogP contribution in [0.1, 0.15) is 31.4 Å². The summed E-state index contributed by atoms with van der Waals surface area (Å²) in [6.07, 6.45) is 0.455. The molecule has 0 N–H and O–H groups in total. The normalized spacial score (nSPS) is 16.0. The lowest BCUT2D eigenvalue weighted by atomic mass is 10.1. The van der Waals surface area contributed by atoms with Crippen molar-refractivity contribution in [3.05, 3.63) is 29.3 Å². The maximum absolute atomic E-state index is 12.3. The van der Waals surface area contributed by atoms with Crippen LogP contribution in [-0.4, -0.2) is 55.0 Å². The molecule has 1 aliphatic rings. The zero-order valence-corrected chi connectivity index (χ0v) is 15.0. The van der Waals surface area contributed by atoms with Gasteiger partial charge in [-0.25, -0.2) is 0 Å². The fraction of sp³-hybridized carbons (Fsp3) is 0.632. The summed E-state index contributed by atoms with van der Waals surface area (Å²) < 4.78 is 5.72. The molecule has 1 fully saturated rings. The average Bonchev–Trinajstić information content (AvgIpc) is 2.51. The number of ether oxygens (including phenoxy) is 1. The summed E-state index contributed by atoms with van der Waals surface area (Å²) in [5.74, 6) is 1.74. The topological polar surface area (TPSA) is 32.8 Å². The van der Waals surface area contributed by atoms with E-state index < -0.39 is 0 Å². The van der Waals surface area contributed by atoms with Gasteiger partial charge in [-0.05, 0) is 43.0 Å². The molecule has 1 heterocycles. The molecule has 0 saturated carbocycles. The summed E-state index contributed by atoms with van der Waals surface area (Å²) in [5, 5.41) is 0. The second-order valence-corrected chi connectivity index (χ2v) is 6.92. The van der Waals surface area contributed by atoms with E-state index in [-0.39, 0.29) is 5.91 Å². The first-order chi connectivity index (χ1) is 11.0. The van der Waals surface area contributed by atoms with Gasteiger partial charge in [0.05, 0.1) is 13.0 Å². The van der Waals surface area contributed by atoms with Gasteiger partial charge in [0, 0.05) is 32.7 Å². The van der Waals surface area contributed by atoms with Gasteiger partial charge in [-0.2, -0.15) is 0 Å². The molecule has 1 aliphatic heterocycles. The van der Waals surface area contributed by atoms with Crippen LogP contribution in [-0.2, 0) is 4.79 Å². The van der Waals surface area contributed by atoms with E-state index in [1.165, 1.54) is 11.1 Å². The van der Waals surface area contributed by atoms with Crippen molar-refractivity contribution in [1.29, 1.82) is 0 Å². The second-order valence-electron chi connectivity index (χ2n) is 6.92. The van der Waals surface area contributed by atoms with Crippen molar-refractivity contribution < 1.29 is 9.53 Å². The first-order valence-corrected chi connectivity index (χ1v) is 8.66. The second kappa shape index (κ2) is 8.34. The summed E-state index contributed by atoms with van der Waals surface area (Å²) in [6.45, 7) is 13.9. The number of hydrogen-bond donors (Lipinski definition) is 0. The van der Waals surface area contributed by atoms with Crippen LogP contribution >= 0.6 is 0 Å². The van der Waals surface area contributed by atoms with E-state index in [1.54, 1.807) is 0 Å². The van der Waals surface area contributed by atoms with Crippen LogP contribution in [0, 0.1) is 19.8 Å². The standard InChI is InChI=1S/C19H30N2O2/c1-15(2)14-20-8-10-21(11-9-20)19(22)7-12-23-18-6-5-16(3)17(4)13-18/h5-6,13,15H,7-12,14H2,1-4H3. The number of rotatable bonds is 6. The third-order valence-electron chi connectivity index (χ3n) is 4.41. The molecule has 0 atom stereocenters. The fourth-order valence-corrected chi connectivity index (χ4v) is 2.91. The van der Waals surface area contributed by atoms with Crippen LogP contribution in [0.25, 0.3) is 0 Å². The number of piperazine rings is 1. The molecular weight excluding hydrogens is 288 g/mol. The first-order valence-electron chi connectivity index (χ1n) is 8.66. The van der Waals surface area contributed by atoms with Gasteiger partial charge in [0.1, 0.15) is 5.75 Å². The van der Waals surface area contributed by atoms with Gasteiger partial charge in [0.2, 0.25) is 5.91 Å². The quantitative estimate of drug-likeness (QED) is 0.808. The van der Waals surface area contributed by atoms with Crippen molar-refractivity contribution in [1.82, 2.24) is 9.80 Å². The zero-order valence-electron chi connectivity index (χ0n) is 15.0. The SMILES string of the molecule is Cc1ccc(OCCC(=O)N2CCN(CC(C)C)CC2)cc1C. The van der Waals surface area contributed by atoms with Crippen molar-refractivity contribution in [3.8, 4) is 5.75 Å². The molecule has 128 valence electrons. The molecule has 0 aromatic heterocycles. The van der Waals surface area contributed by atoms with Crippen LogP contribution < -0.4 is 4.74 Å². The molecule has 1 amide bonds. The molecule has 1 saturated heterocycles. The Kier molecular flexibility index (Phi) is 6.46. The predicted molar refractivity (Wildman–Crippen MR) is 93.9 cm³/mol. The minimum Gasteiger partial charge on any atom is -0.493 e. The Morgan fingerprint density at radius 1 is 1.13 bits per heavy atom. The predicted octanol–water partition coefficient (Wildman–Crippen LogP) is 2.87. The first kappa shape index (κ1) is 17.8. The monoisotopic (exact) mass is 318 g/mol. The van der Waals surface area contributed by atoms with Gasteiger partial charge in [0.25, 0.3) is 0 Å². The van der Waals surface area contributed by atoms with Gasteiger partial charge in [-0.3, -0.25) is 9.69 Å². The maximum Gasteiger partial charge on any atom is 0.226 e. The summed E-state index contributed by atoms with van der Waals surface area (Å²) in [7, 11) is 0. The average molecular weight is 318 g/mol. The van der Waals surface area contributed by atoms with Crippen molar-refractivity contribution in [3.63, 3.8) is 0 Å². The highest BCUT2D eigenvalue weighted by molar-refractivity contribution is 5.76. The Labute approximate surface area is 140 Å². The zero-order chi connectivity index (χ0) is 16.8. The molecule has 0 aliphatic carbocycles. The molecule has 0 radical (unpaired) electrons. The van der Waals surface area contributed by atoms with E-state index in [9.17, 15) is 4.79 Å². The van der Waals surface area contributed by atoms with Crippen molar-refractivity contribution in [2.24, 2.45) is 5.92 Å². The Bertz CT molecular complexity index is 520. The van der Waals surface area contributed by atoms with Gasteiger partial charge < -0.3 is 9.64 Å². The van der Waals surface area contributed by atoms with Crippen LogP contribution in [0.3, 0.4) is 0 Å². The minimum absolute atomic E-state index is 0.207. The Morgan fingerprint density at radius 3 is 2.43 bits per heavy atom. The molecule has 4 heteroatoms. The Morgan fingerprint density at radius 2 is 1.83 bits per heavy atom. The molecule has 0 bridgehead atoms. The van der Waals surface area contributed by atoms with Crippen LogP contribution in [0.2, 0.25) is 0 Å². The number of amides is 1. The lowest BCUT2D eigenvalue weighted by Gasteiger charge is -2.35. The lowest BCUT2D eigenvalue weighted by molar-refractivity contribution is -0.133. The van der Waals surface area contributed by atoms with E-state index in [1.807, 2.05) is 17.0 Å². The Hall–Kier alpha value is -1.55. The third-order valence-corrected chi connectivity index (χ3v) is 4.41. The fourth-order valence-electron chi connectivity index (χ4n) is 2.91. The number of nitrogens with zero attached hydrogens (tertiary/aromatic N) is 2. The number of carbonyl (C=O) groups is 1. The van der Waals surface area contributed by atoms with Crippen molar-refractivity contribution in [2.75, 3.05) is 39.3 Å². The minimum atomic E-state index is 0.207. The smallest absolute Gasteiger partial charge is 0.226 e. The summed E-state index contributed by atoms with van der Waals surface area (Å²) in [6, 6.07) is 6.06. The van der Waals surface area contributed by atoms with Crippen molar-refractivity contribution in [2.45, 2.75) is 34.1 Å². The Balaban J connectivity index is 1.70. The van der Waals surface area contributed by atoms with E-state index in [0.717, 1.165) is 38.5 Å². The molecule has 0 unspecified atom stereocenters. The van der Waals surface area contributed by atoms with E-state index >= 15 is 0 Å². The van der Waals surface area contributed by atoms with Gasteiger partial charge in [-0.1, -0.05) is 19.9 Å². The number of benzene rings is 1. The highest BCUT2D eigenvalue weighted by Gasteiger charge is 2.21. The molecular formula is C19H30N2O2. The third kappa shape index (κ3) is 5.54. The van der Waals surface area contributed by atoms with Crippen LogP contribution in [0.15, 0.2) is 18.2 Å². The van der Waals surface area contributed by atoms with Gasteiger partial charge in [0.15, 0.2) is 0 Å². The molecule has 1 aromatic carbocycles. The molecule has 23 heavy (non-hydrogen) atoms. The summed E-state index contributed by atoms with van der Waals surface area (Å²) in [5.41, 5.74) is 2.47. The van der Waals surface area contributed by atoms with E-state index in [4.69, 9.17) is 4.74 Å². The molecule has 1 aromatic rings. The maximum atomic E-state index is 12.3. The van der Waals surface area contributed by atoms with Crippen molar-refractivity contribution >= 4 is 5.91 Å². The largest absolute Gasteiger partial charge is 0.493 e. The summed E-state index contributed by atoms with van der Waals surface area (Å²) in [4.78, 5) is 16.7. The van der Waals surface area contributed by atoms with Crippen LogP contribution in [0.5, 0.6) is 5.75 Å². The summed E-state index contributed by atoms with van der Waals surface area (Å²) >= 11 is 0. The van der Waals surface area contributed by atoms with Gasteiger partial charge >= 0.3 is 0 Å². The molecule has 2 rings (SSSR count). The van der Waals surface area contributed by atoms with Gasteiger partial charge in [-0.15, -0.1) is 0 Å². The number of carbonyl (C=O) groups excluding carboxylic acids is 1. The lowest BCUT2D eigenvalue weighted by Crippen LogP contribution is -2.49. The molecule has 4 nitrogen and oxygen atoms in total. The van der Waals surface area contributed by atoms with Crippen LogP contribution in [0.4, 0.5) is 0 Å². The van der Waals surface area contributed by atoms with E-state index in [0.29, 0.717) is 18.9 Å².